The van der Waals surface area contributed by atoms with Crippen molar-refractivity contribution in [3.63, 3.8) is 0 Å². The number of furan rings is 1. The standard InChI is InChI=1S/C41H23N3OS/c1-2-8-25-19-28(14-13-24(25)7-1)39-42-40(44-41(43-39)30-15-17-32-31-11-5-6-12-37(31)46-38(32)23-30)29-16-18-35-33(21-29)34-20-26-9-3-4-10-27(26)22-36(34)45-35/h1-23H. The Morgan fingerprint density at radius 3 is 1.74 bits per heavy atom. The molecule has 0 N–H and O–H groups in total. The van der Waals surface area contributed by atoms with Crippen LogP contribution >= 0.6 is 11.3 Å². The zero-order valence-corrected chi connectivity index (χ0v) is 25.3. The van der Waals surface area contributed by atoms with E-state index in [-0.39, 0.29) is 0 Å². The van der Waals surface area contributed by atoms with E-state index in [2.05, 4.69) is 127 Å². The van der Waals surface area contributed by atoms with Crippen molar-refractivity contribution < 1.29 is 4.42 Å². The van der Waals surface area contributed by atoms with Gasteiger partial charge in [-0.05, 0) is 70.1 Å². The van der Waals surface area contributed by atoms with Gasteiger partial charge in [-0.1, -0.05) is 91.0 Å². The third kappa shape index (κ3) is 4.03. The number of rotatable bonds is 3. The van der Waals surface area contributed by atoms with Gasteiger partial charge in [0, 0.05) is 47.6 Å². The molecule has 0 saturated heterocycles. The van der Waals surface area contributed by atoms with Crippen molar-refractivity contribution in [2.75, 3.05) is 0 Å². The van der Waals surface area contributed by atoms with Gasteiger partial charge in [0.1, 0.15) is 11.2 Å². The summed E-state index contributed by atoms with van der Waals surface area (Å²) < 4.78 is 8.78. The topological polar surface area (TPSA) is 51.8 Å². The van der Waals surface area contributed by atoms with Gasteiger partial charge in [-0.15, -0.1) is 11.3 Å². The molecule has 214 valence electrons. The number of benzene rings is 7. The third-order valence-corrected chi connectivity index (χ3v) is 10.0. The van der Waals surface area contributed by atoms with Crippen LogP contribution < -0.4 is 0 Å². The van der Waals surface area contributed by atoms with Crippen LogP contribution in [0, 0.1) is 0 Å². The van der Waals surface area contributed by atoms with Gasteiger partial charge in [-0.25, -0.2) is 15.0 Å². The van der Waals surface area contributed by atoms with E-state index in [9.17, 15) is 0 Å². The molecule has 0 aliphatic carbocycles. The SMILES string of the molecule is c1ccc2cc(-c3nc(-c4ccc5c(c4)sc4ccccc45)nc(-c4ccc5oc6cc7ccccc7cc6c5c4)n3)ccc2c1. The minimum Gasteiger partial charge on any atom is -0.456 e. The van der Waals surface area contributed by atoms with E-state index in [1.807, 2.05) is 12.1 Å². The highest BCUT2D eigenvalue weighted by Crippen LogP contribution is 2.38. The number of hydrogen-bond acceptors (Lipinski definition) is 5. The molecule has 0 aliphatic rings. The van der Waals surface area contributed by atoms with E-state index in [1.165, 1.54) is 30.9 Å². The molecule has 4 nitrogen and oxygen atoms in total. The summed E-state index contributed by atoms with van der Waals surface area (Å²) in [5, 5.41) is 9.31. The number of aromatic nitrogens is 3. The van der Waals surface area contributed by atoms with Crippen molar-refractivity contribution in [2.24, 2.45) is 0 Å². The summed E-state index contributed by atoms with van der Waals surface area (Å²) in [6.45, 7) is 0. The minimum absolute atomic E-state index is 0.627. The smallest absolute Gasteiger partial charge is 0.164 e. The molecule has 0 spiro atoms. The summed E-state index contributed by atoms with van der Waals surface area (Å²) >= 11 is 1.80. The van der Waals surface area contributed by atoms with E-state index in [1.54, 1.807) is 11.3 Å². The van der Waals surface area contributed by atoms with Crippen LogP contribution in [-0.2, 0) is 0 Å². The Balaban J connectivity index is 1.19. The van der Waals surface area contributed by atoms with E-state index >= 15 is 0 Å². The number of hydrogen-bond donors (Lipinski definition) is 0. The van der Waals surface area contributed by atoms with Crippen LogP contribution in [-0.4, -0.2) is 15.0 Å². The molecule has 3 heterocycles. The van der Waals surface area contributed by atoms with Crippen LogP contribution in [0.2, 0.25) is 0 Å². The number of thiophene rings is 1. The van der Waals surface area contributed by atoms with Gasteiger partial charge in [0.15, 0.2) is 17.5 Å². The first-order valence-corrected chi connectivity index (χ1v) is 16.1. The molecule has 0 radical (unpaired) electrons. The molecule has 5 heteroatoms. The average Bonchev–Trinajstić information content (AvgIpc) is 3.67. The van der Waals surface area contributed by atoms with Crippen LogP contribution in [0.1, 0.15) is 0 Å². The maximum atomic E-state index is 6.29. The Morgan fingerprint density at radius 2 is 0.935 bits per heavy atom. The first kappa shape index (κ1) is 25.4. The lowest BCUT2D eigenvalue weighted by atomic mass is 10.0. The van der Waals surface area contributed by atoms with Crippen LogP contribution in [0.25, 0.3) is 97.8 Å². The van der Waals surface area contributed by atoms with Gasteiger partial charge in [0.25, 0.3) is 0 Å². The Bertz CT molecular complexity index is 2830. The average molecular weight is 606 g/mol. The summed E-state index contributed by atoms with van der Waals surface area (Å²) in [5.74, 6) is 1.92. The first-order valence-electron chi connectivity index (χ1n) is 15.3. The second-order valence-corrected chi connectivity index (χ2v) is 12.8. The fraction of sp³-hybridized carbons (Fsp3) is 0. The van der Waals surface area contributed by atoms with Crippen molar-refractivity contribution in [3.05, 3.63) is 140 Å². The van der Waals surface area contributed by atoms with Crippen molar-refractivity contribution in [1.29, 1.82) is 0 Å². The molecule has 0 aliphatic heterocycles. The Morgan fingerprint density at radius 1 is 0.370 bits per heavy atom. The van der Waals surface area contributed by atoms with Crippen LogP contribution in [0.5, 0.6) is 0 Å². The largest absolute Gasteiger partial charge is 0.456 e. The molecule has 0 fully saturated rings. The molecule has 0 amide bonds. The Labute approximate surface area is 267 Å². The molecule has 0 unspecified atom stereocenters. The predicted octanol–water partition coefficient (Wildman–Crippen LogP) is 11.4. The number of fused-ring (bicyclic) bond motifs is 8. The lowest BCUT2D eigenvalue weighted by molar-refractivity contribution is 0.669. The summed E-state index contributed by atoms with van der Waals surface area (Å²) in [6, 6.07) is 48.7. The van der Waals surface area contributed by atoms with Crippen LogP contribution in [0.4, 0.5) is 0 Å². The second-order valence-electron chi connectivity index (χ2n) is 11.7. The summed E-state index contributed by atoms with van der Waals surface area (Å²) in [7, 11) is 0. The van der Waals surface area contributed by atoms with E-state index < -0.39 is 0 Å². The van der Waals surface area contributed by atoms with Gasteiger partial charge in [-0.3, -0.25) is 0 Å². The Kier molecular flexibility index (Phi) is 5.41. The van der Waals surface area contributed by atoms with Crippen LogP contribution in [0.3, 0.4) is 0 Å². The minimum atomic E-state index is 0.627. The van der Waals surface area contributed by atoms with Crippen molar-refractivity contribution in [2.45, 2.75) is 0 Å². The van der Waals surface area contributed by atoms with E-state index in [4.69, 9.17) is 19.4 Å². The molecule has 3 aromatic heterocycles. The van der Waals surface area contributed by atoms with Gasteiger partial charge in [0.2, 0.25) is 0 Å². The molecule has 10 aromatic rings. The van der Waals surface area contributed by atoms with Crippen molar-refractivity contribution >= 4 is 75.0 Å². The Hall–Kier alpha value is -5.91. The maximum Gasteiger partial charge on any atom is 0.164 e. The zero-order valence-electron chi connectivity index (χ0n) is 24.4. The van der Waals surface area contributed by atoms with Gasteiger partial charge >= 0.3 is 0 Å². The highest BCUT2D eigenvalue weighted by molar-refractivity contribution is 7.25. The normalized spacial score (nSPS) is 11.9. The molecule has 0 saturated carbocycles. The highest BCUT2D eigenvalue weighted by atomic mass is 32.1. The van der Waals surface area contributed by atoms with Gasteiger partial charge < -0.3 is 4.42 Å². The lowest BCUT2D eigenvalue weighted by Gasteiger charge is -2.09. The van der Waals surface area contributed by atoms with Crippen molar-refractivity contribution in [1.82, 2.24) is 15.0 Å². The molecule has 10 rings (SSSR count). The molecule has 46 heavy (non-hydrogen) atoms. The predicted molar refractivity (Wildman–Crippen MR) is 191 cm³/mol. The fourth-order valence-electron chi connectivity index (χ4n) is 6.56. The quantitative estimate of drug-likeness (QED) is 0.201. The summed E-state index contributed by atoms with van der Waals surface area (Å²) in [4.78, 5) is 15.2. The van der Waals surface area contributed by atoms with Crippen molar-refractivity contribution in [3.8, 4) is 34.2 Å². The molecular weight excluding hydrogens is 583 g/mol. The highest BCUT2D eigenvalue weighted by Gasteiger charge is 2.16. The monoisotopic (exact) mass is 605 g/mol. The first-order chi connectivity index (χ1) is 22.7. The maximum absolute atomic E-state index is 6.29. The summed E-state index contributed by atoms with van der Waals surface area (Å²) in [6.07, 6.45) is 0. The van der Waals surface area contributed by atoms with E-state index in [0.717, 1.165) is 49.4 Å². The number of nitrogens with zero attached hydrogens (tertiary/aromatic N) is 3. The van der Waals surface area contributed by atoms with E-state index in [0.29, 0.717) is 17.5 Å². The van der Waals surface area contributed by atoms with Crippen LogP contribution in [0.15, 0.2) is 144 Å². The molecule has 0 atom stereocenters. The second kappa shape index (κ2) is 9.80. The fourth-order valence-corrected chi connectivity index (χ4v) is 7.70. The summed E-state index contributed by atoms with van der Waals surface area (Å²) in [5.41, 5.74) is 4.54. The molecular formula is C41H23N3OS. The van der Waals surface area contributed by atoms with Gasteiger partial charge in [0.05, 0.1) is 0 Å². The zero-order chi connectivity index (χ0) is 30.2. The molecule has 7 aromatic carbocycles. The molecule has 0 bridgehead atoms. The van der Waals surface area contributed by atoms with Gasteiger partial charge in [-0.2, -0.15) is 0 Å². The lowest BCUT2D eigenvalue weighted by Crippen LogP contribution is -2.00. The third-order valence-electron chi connectivity index (χ3n) is 8.88.